The van der Waals surface area contributed by atoms with Crippen molar-refractivity contribution in [2.75, 3.05) is 56.7 Å². The van der Waals surface area contributed by atoms with Gasteiger partial charge in [-0.1, -0.05) is 22.9 Å². The average Bonchev–Trinajstić information content (AvgIpc) is 3.38. The topological polar surface area (TPSA) is 68.8 Å². The second-order valence-electron chi connectivity index (χ2n) is 8.01. The van der Waals surface area contributed by atoms with Gasteiger partial charge < -0.3 is 9.80 Å². The third kappa shape index (κ3) is 4.16. The summed E-state index contributed by atoms with van der Waals surface area (Å²) in [7, 11) is 5.58. The molecule has 0 radical (unpaired) electrons. The highest BCUT2D eigenvalue weighted by Crippen LogP contribution is 2.47. The Bertz CT molecular complexity index is 982. The van der Waals surface area contributed by atoms with E-state index in [9.17, 15) is 9.59 Å². The molecule has 1 aromatic heterocycles. The van der Waals surface area contributed by atoms with E-state index in [1.54, 1.807) is 30.1 Å². The zero-order chi connectivity index (χ0) is 21.5. The number of anilines is 2. The van der Waals surface area contributed by atoms with E-state index < -0.39 is 0 Å². The molecule has 2 aromatic rings. The number of likely N-dealkylation sites (tertiary alicyclic amines) is 1. The SMILES string of the molecule is CN1CCC2(C1)CN(C(=O)Nc1ncc(SCC(=O)N(C)C)s1)c1ccc(Cl)cc12. The van der Waals surface area contributed by atoms with Crippen molar-refractivity contribution in [2.45, 2.75) is 16.0 Å². The van der Waals surface area contributed by atoms with Crippen LogP contribution in [0.25, 0.3) is 0 Å². The van der Waals surface area contributed by atoms with Gasteiger partial charge in [0.05, 0.1) is 16.2 Å². The van der Waals surface area contributed by atoms with Gasteiger partial charge >= 0.3 is 6.03 Å². The number of aromatic nitrogens is 1. The Morgan fingerprint density at radius 1 is 1.37 bits per heavy atom. The van der Waals surface area contributed by atoms with Crippen molar-refractivity contribution in [3.8, 4) is 0 Å². The molecule has 2 aliphatic rings. The van der Waals surface area contributed by atoms with Crippen LogP contribution >= 0.6 is 34.7 Å². The zero-order valence-corrected chi connectivity index (χ0v) is 19.5. The molecule has 3 amide bonds. The molecule has 0 saturated carbocycles. The summed E-state index contributed by atoms with van der Waals surface area (Å²) in [6, 6.07) is 5.57. The quantitative estimate of drug-likeness (QED) is 0.698. The third-order valence-electron chi connectivity index (χ3n) is 5.61. The van der Waals surface area contributed by atoms with Gasteiger partial charge in [0.15, 0.2) is 5.13 Å². The molecule has 1 unspecified atom stereocenters. The van der Waals surface area contributed by atoms with Gasteiger partial charge in [-0.15, -0.1) is 11.8 Å². The number of nitrogens with zero attached hydrogens (tertiary/aromatic N) is 4. The number of thioether (sulfide) groups is 1. The number of fused-ring (bicyclic) bond motifs is 2. The zero-order valence-electron chi connectivity index (χ0n) is 17.1. The van der Waals surface area contributed by atoms with Crippen molar-refractivity contribution < 1.29 is 9.59 Å². The lowest BCUT2D eigenvalue weighted by molar-refractivity contribution is -0.125. The lowest BCUT2D eigenvalue weighted by Crippen LogP contribution is -2.40. The van der Waals surface area contributed by atoms with Crippen molar-refractivity contribution in [2.24, 2.45) is 0 Å². The molecule has 1 aromatic carbocycles. The van der Waals surface area contributed by atoms with E-state index in [1.807, 2.05) is 18.2 Å². The molecular weight excluding hydrogens is 442 g/mol. The van der Waals surface area contributed by atoms with E-state index >= 15 is 0 Å². The summed E-state index contributed by atoms with van der Waals surface area (Å²) in [6.45, 7) is 2.53. The lowest BCUT2D eigenvalue weighted by Gasteiger charge is -2.25. The Labute approximate surface area is 189 Å². The van der Waals surface area contributed by atoms with Crippen LogP contribution in [0, 0.1) is 0 Å². The van der Waals surface area contributed by atoms with Gasteiger partial charge in [-0.05, 0) is 43.8 Å². The molecule has 0 aliphatic carbocycles. The van der Waals surface area contributed by atoms with Crippen LogP contribution in [0.2, 0.25) is 5.02 Å². The lowest BCUT2D eigenvalue weighted by atomic mass is 9.81. The molecule has 1 N–H and O–H groups in total. The highest BCUT2D eigenvalue weighted by molar-refractivity contribution is 8.01. The molecule has 4 rings (SSSR count). The summed E-state index contributed by atoms with van der Waals surface area (Å²) < 4.78 is 0.892. The van der Waals surface area contributed by atoms with E-state index in [0.717, 1.165) is 35.0 Å². The molecule has 1 saturated heterocycles. The average molecular weight is 466 g/mol. The number of hydrogen-bond donors (Lipinski definition) is 1. The normalized spacial score (nSPS) is 20.6. The van der Waals surface area contributed by atoms with Gasteiger partial charge in [0.1, 0.15) is 0 Å². The van der Waals surface area contributed by atoms with Crippen LogP contribution in [0.15, 0.2) is 28.6 Å². The number of nitrogens with one attached hydrogen (secondary N) is 1. The Morgan fingerprint density at radius 2 is 2.17 bits per heavy atom. The second-order valence-corrected chi connectivity index (χ2v) is 10.7. The van der Waals surface area contributed by atoms with Crippen molar-refractivity contribution >= 4 is 57.5 Å². The van der Waals surface area contributed by atoms with Crippen LogP contribution in [0.3, 0.4) is 0 Å². The standard InChI is InChI=1S/C20H24ClN5O2S2/c1-24(2)16(27)10-29-17-9-22-18(30-17)23-19(28)26-12-20(6-7-25(3)11-20)14-8-13(21)4-5-15(14)26/h4-5,8-9H,6-7,10-12H2,1-3H3,(H,22,23,28). The smallest absolute Gasteiger partial charge is 0.328 e. The van der Waals surface area contributed by atoms with E-state index in [4.69, 9.17) is 11.6 Å². The predicted molar refractivity (Wildman–Crippen MR) is 123 cm³/mol. The molecular formula is C20H24ClN5O2S2. The number of likely N-dealkylation sites (N-methyl/N-ethyl adjacent to an activating group) is 1. The predicted octanol–water partition coefficient (Wildman–Crippen LogP) is 3.60. The summed E-state index contributed by atoms with van der Waals surface area (Å²) in [5, 5.41) is 4.15. The summed E-state index contributed by atoms with van der Waals surface area (Å²) in [6.07, 6.45) is 2.69. The maximum atomic E-state index is 13.1. The number of benzene rings is 1. The summed E-state index contributed by atoms with van der Waals surface area (Å²) in [4.78, 5) is 34.8. The molecule has 7 nitrogen and oxygen atoms in total. The third-order valence-corrected chi connectivity index (χ3v) is 7.93. The number of carbonyl (C=O) groups excluding carboxylic acids is 2. The number of halogens is 1. The van der Waals surface area contributed by atoms with Crippen molar-refractivity contribution in [1.82, 2.24) is 14.8 Å². The minimum absolute atomic E-state index is 0.0400. The van der Waals surface area contributed by atoms with Gasteiger partial charge in [0.25, 0.3) is 0 Å². The number of thiazole rings is 1. The molecule has 10 heteroatoms. The van der Waals surface area contributed by atoms with Gasteiger partial charge in [-0.2, -0.15) is 0 Å². The fourth-order valence-corrected chi connectivity index (χ4v) is 6.07. The van der Waals surface area contributed by atoms with Crippen LogP contribution in [0.5, 0.6) is 0 Å². The van der Waals surface area contributed by atoms with Gasteiger partial charge in [0.2, 0.25) is 5.91 Å². The van der Waals surface area contributed by atoms with E-state index in [2.05, 4.69) is 22.2 Å². The molecule has 2 aliphatic heterocycles. The number of rotatable bonds is 4. The van der Waals surface area contributed by atoms with Crippen LogP contribution in [-0.4, -0.2) is 73.3 Å². The first-order chi connectivity index (χ1) is 14.3. The molecule has 1 fully saturated rings. The molecule has 1 spiro atoms. The Morgan fingerprint density at radius 3 is 2.87 bits per heavy atom. The largest absolute Gasteiger partial charge is 0.348 e. The fourth-order valence-electron chi connectivity index (χ4n) is 4.06. The van der Waals surface area contributed by atoms with Crippen LogP contribution in [0.1, 0.15) is 12.0 Å². The number of urea groups is 1. The molecule has 3 heterocycles. The summed E-state index contributed by atoms with van der Waals surface area (Å²) in [5.41, 5.74) is 1.98. The van der Waals surface area contributed by atoms with Crippen molar-refractivity contribution in [3.05, 3.63) is 35.0 Å². The Kier molecular flexibility index (Phi) is 5.98. The highest BCUT2D eigenvalue weighted by Gasteiger charge is 2.48. The van der Waals surface area contributed by atoms with Gasteiger partial charge in [-0.25, -0.2) is 9.78 Å². The molecule has 1 atom stereocenters. The minimum atomic E-state index is -0.194. The maximum Gasteiger partial charge on any atom is 0.328 e. The van der Waals surface area contributed by atoms with Gasteiger partial charge in [0, 0.05) is 43.3 Å². The van der Waals surface area contributed by atoms with E-state index in [0.29, 0.717) is 22.5 Å². The van der Waals surface area contributed by atoms with Crippen molar-refractivity contribution in [1.29, 1.82) is 0 Å². The maximum absolute atomic E-state index is 13.1. The number of hydrogen-bond acceptors (Lipinski definition) is 6. The molecule has 0 bridgehead atoms. The number of amides is 3. The first-order valence-electron chi connectivity index (χ1n) is 9.63. The monoisotopic (exact) mass is 465 g/mol. The first-order valence-corrected chi connectivity index (χ1v) is 11.8. The first kappa shape index (κ1) is 21.4. The van der Waals surface area contributed by atoms with E-state index in [1.165, 1.54) is 23.1 Å². The second kappa shape index (κ2) is 8.37. The fraction of sp³-hybridized carbons (Fsp3) is 0.450. The van der Waals surface area contributed by atoms with Crippen LogP contribution < -0.4 is 10.2 Å². The van der Waals surface area contributed by atoms with Crippen molar-refractivity contribution in [3.63, 3.8) is 0 Å². The van der Waals surface area contributed by atoms with E-state index in [-0.39, 0.29) is 17.4 Å². The minimum Gasteiger partial charge on any atom is -0.348 e. The van der Waals surface area contributed by atoms with Gasteiger partial charge in [-0.3, -0.25) is 15.0 Å². The summed E-state index contributed by atoms with van der Waals surface area (Å²) in [5.74, 6) is 0.386. The van der Waals surface area contributed by atoms with Crippen LogP contribution in [-0.2, 0) is 10.2 Å². The molecule has 30 heavy (non-hydrogen) atoms. The Hall–Kier alpha value is -1.81. The number of carbonyl (C=O) groups is 2. The van der Waals surface area contributed by atoms with Crippen LogP contribution in [0.4, 0.5) is 15.6 Å². The Balaban J connectivity index is 1.48. The highest BCUT2D eigenvalue weighted by atomic mass is 35.5. The summed E-state index contributed by atoms with van der Waals surface area (Å²) >= 11 is 9.08. The molecule has 160 valence electrons.